The van der Waals surface area contributed by atoms with Gasteiger partial charge in [-0.3, -0.25) is 9.47 Å². The number of aryl methyl sites for hydroxylation is 1. The first kappa shape index (κ1) is 22.5. The number of para-hydroxylation sites is 2. The molecule has 0 amide bonds. The summed E-state index contributed by atoms with van der Waals surface area (Å²) in [5.41, 5.74) is 5.17. The number of aromatic hydroxyl groups is 2. The van der Waals surface area contributed by atoms with Crippen molar-refractivity contribution in [3.63, 3.8) is 0 Å². The first-order chi connectivity index (χ1) is 17.1. The van der Waals surface area contributed by atoms with Gasteiger partial charge < -0.3 is 20.4 Å². The van der Waals surface area contributed by atoms with E-state index >= 15 is 0 Å². The summed E-state index contributed by atoms with van der Waals surface area (Å²) >= 11 is 1.78. The van der Waals surface area contributed by atoms with Crippen LogP contribution in [0.4, 0.5) is 16.4 Å². The van der Waals surface area contributed by atoms with Crippen LogP contribution in [-0.2, 0) is 19.4 Å². The van der Waals surface area contributed by atoms with Gasteiger partial charge in [-0.25, -0.2) is 4.99 Å². The molecule has 1 saturated heterocycles. The number of aromatic nitrogens is 1. The molecule has 2 aliphatic heterocycles. The summed E-state index contributed by atoms with van der Waals surface area (Å²) in [4.78, 5) is 11.3. The van der Waals surface area contributed by atoms with Gasteiger partial charge in [0.25, 0.3) is 0 Å². The third kappa shape index (κ3) is 4.19. The van der Waals surface area contributed by atoms with E-state index in [0.29, 0.717) is 6.54 Å². The minimum absolute atomic E-state index is 0.282. The summed E-state index contributed by atoms with van der Waals surface area (Å²) in [6, 6.07) is 10.5. The normalized spacial score (nSPS) is 17.7. The van der Waals surface area contributed by atoms with Crippen molar-refractivity contribution in [2.24, 2.45) is 4.99 Å². The quantitative estimate of drug-likeness (QED) is 0.479. The average Bonchev–Trinajstić information content (AvgIpc) is 3.30. The second-order valence-corrected chi connectivity index (χ2v) is 11.1. The van der Waals surface area contributed by atoms with Crippen molar-refractivity contribution < 1.29 is 10.2 Å². The summed E-state index contributed by atoms with van der Waals surface area (Å²) in [6.45, 7) is 7.58. The molecule has 0 radical (unpaired) electrons. The number of hydrogen-bond donors (Lipinski definition) is 3. The minimum Gasteiger partial charge on any atom is -0.494 e. The van der Waals surface area contributed by atoms with Gasteiger partial charge in [-0.05, 0) is 63.8 Å². The number of amidine groups is 1. The van der Waals surface area contributed by atoms with E-state index < -0.39 is 0 Å². The molecule has 2 aromatic heterocycles. The number of nitrogens with one attached hydrogen (secondary N) is 1. The van der Waals surface area contributed by atoms with Crippen molar-refractivity contribution in [3.05, 3.63) is 51.9 Å². The van der Waals surface area contributed by atoms with Crippen LogP contribution in [0.3, 0.4) is 0 Å². The van der Waals surface area contributed by atoms with E-state index in [-0.39, 0.29) is 11.8 Å². The first-order valence-electron chi connectivity index (χ1n) is 12.7. The maximum atomic E-state index is 10.6. The molecule has 1 fully saturated rings. The fraction of sp³-hybridized carbons (Fsp3) is 0.444. The van der Waals surface area contributed by atoms with Crippen LogP contribution in [-0.4, -0.2) is 63.1 Å². The van der Waals surface area contributed by atoms with Crippen LogP contribution in [0.25, 0.3) is 0 Å². The Morgan fingerprint density at radius 3 is 2.43 bits per heavy atom. The largest absolute Gasteiger partial charge is 0.494 e. The molecular formula is C27H33N5O2S. The molecule has 8 heteroatoms. The van der Waals surface area contributed by atoms with Gasteiger partial charge in [-0.15, -0.1) is 11.3 Å². The fourth-order valence-corrected chi connectivity index (χ4v) is 6.58. The van der Waals surface area contributed by atoms with Crippen molar-refractivity contribution in [1.29, 1.82) is 0 Å². The van der Waals surface area contributed by atoms with E-state index in [0.717, 1.165) is 93.2 Å². The molecule has 6 rings (SSSR count). The van der Waals surface area contributed by atoms with Crippen LogP contribution in [0.5, 0.6) is 11.8 Å². The van der Waals surface area contributed by atoms with Crippen LogP contribution < -0.4 is 5.32 Å². The Morgan fingerprint density at radius 1 is 0.971 bits per heavy atom. The number of hydrogen-bond acceptors (Lipinski definition) is 7. The second-order valence-electron chi connectivity index (χ2n) is 9.82. The lowest BCUT2D eigenvalue weighted by molar-refractivity contribution is 0.177. The maximum absolute atomic E-state index is 10.6. The minimum atomic E-state index is 0.282. The van der Waals surface area contributed by atoms with Gasteiger partial charge in [-0.2, -0.15) is 0 Å². The molecule has 0 bridgehead atoms. The van der Waals surface area contributed by atoms with Crippen molar-refractivity contribution in [2.45, 2.75) is 45.6 Å². The third-order valence-corrected chi connectivity index (χ3v) is 8.49. The molecule has 0 atom stereocenters. The predicted molar refractivity (Wildman–Crippen MR) is 142 cm³/mol. The lowest BCUT2D eigenvalue weighted by atomic mass is 9.95. The molecule has 7 nitrogen and oxygen atoms in total. The van der Waals surface area contributed by atoms with Crippen LogP contribution in [0.1, 0.15) is 40.8 Å². The molecule has 184 valence electrons. The molecular weight excluding hydrogens is 458 g/mol. The van der Waals surface area contributed by atoms with Crippen LogP contribution in [0.15, 0.2) is 35.3 Å². The Kier molecular flexibility index (Phi) is 5.94. The Labute approximate surface area is 210 Å². The van der Waals surface area contributed by atoms with Crippen LogP contribution in [0, 0.1) is 6.92 Å². The summed E-state index contributed by atoms with van der Waals surface area (Å²) in [5, 5.41) is 26.0. The molecule has 3 N–H and O–H groups in total. The summed E-state index contributed by atoms with van der Waals surface area (Å²) in [5.74, 6) is 1.63. The molecule has 3 aromatic rings. The molecule has 0 spiro atoms. The lowest BCUT2D eigenvalue weighted by Gasteiger charge is -2.36. The highest BCUT2D eigenvalue weighted by Crippen LogP contribution is 2.40. The van der Waals surface area contributed by atoms with Gasteiger partial charge in [0.05, 0.1) is 16.9 Å². The smallest absolute Gasteiger partial charge is 0.197 e. The van der Waals surface area contributed by atoms with Crippen molar-refractivity contribution >= 4 is 33.5 Å². The number of rotatable bonds is 4. The number of thiophene rings is 1. The van der Waals surface area contributed by atoms with E-state index in [1.165, 1.54) is 15.4 Å². The molecule has 1 aromatic carbocycles. The SMILES string of the molecule is Cc1cc2c(s1)Nc1ccccc1N=C2N1CCN(CCCn2c(O)c3c(c2O)CCCC3)CC1. The van der Waals surface area contributed by atoms with E-state index in [9.17, 15) is 10.2 Å². The number of anilines is 2. The molecule has 1 aliphatic carbocycles. The van der Waals surface area contributed by atoms with Crippen molar-refractivity contribution in [2.75, 3.05) is 38.0 Å². The summed E-state index contributed by atoms with van der Waals surface area (Å²) in [7, 11) is 0. The number of piperazine rings is 1. The average molecular weight is 492 g/mol. The Hall–Kier alpha value is -2.97. The van der Waals surface area contributed by atoms with Crippen molar-refractivity contribution in [3.8, 4) is 11.8 Å². The topological polar surface area (TPSA) is 76.3 Å². The standard InChI is InChI=1S/C27H33N5O2S/c1-18-17-21-24(28-22-9-4-5-10-23(22)29-25(21)35-18)31-15-13-30(14-16-31)11-6-12-32-26(33)19-7-2-3-8-20(19)27(32)34/h4-5,9-10,17,29,33-34H,2-3,6-8,11-16H2,1H3. The monoisotopic (exact) mass is 491 g/mol. The van der Waals surface area contributed by atoms with E-state index in [1.54, 1.807) is 15.9 Å². The van der Waals surface area contributed by atoms with Gasteiger partial charge in [0.15, 0.2) is 11.8 Å². The number of benzene rings is 1. The Balaban J connectivity index is 1.11. The first-order valence-corrected chi connectivity index (χ1v) is 13.5. The maximum Gasteiger partial charge on any atom is 0.197 e. The third-order valence-electron chi connectivity index (χ3n) is 7.52. The molecule has 3 aliphatic rings. The van der Waals surface area contributed by atoms with E-state index in [2.05, 4.69) is 40.2 Å². The van der Waals surface area contributed by atoms with Gasteiger partial charge in [0, 0.05) is 48.7 Å². The van der Waals surface area contributed by atoms with Gasteiger partial charge >= 0.3 is 0 Å². The number of aliphatic imine (C=N–C) groups is 1. The summed E-state index contributed by atoms with van der Waals surface area (Å²) < 4.78 is 1.72. The van der Waals surface area contributed by atoms with Crippen LogP contribution >= 0.6 is 11.3 Å². The highest BCUT2D eigenvalue weighted by molar-refractivity contribution is 7.16. The number of fused-ring (bicyclic) bond motifs is 3. The van der Waals surface area contributed by atoms with Crippen molar-refractivity contribution in [1.82, 2.24) is 14.4 Å². The highest BCUT2D eigenvalue weighted by atomic mass is 32.1. The Bertz CT molecular complexity index is 1240. The van der Waals surface area contributed by atoms with E-state index in [1.807, 2.05) is 12.1 Å². The molecule has 4 heterocycles. The Morgan fingerprint density at radius 2 is 1.69 bits per heavy atom. The summed E-state index contributed by atoms with van der Waals surface area (Å²) in [6.07, 6.45) is 4.83. The van der Waals surface area contributed by atoms with Gasteiger partial charge in [-0.1, -0.05) is 12.1 Å². The lowest BCUT2D eigenvalue weighted by Crippen LogP contribution is -2.49. The number of nitrogens with zero attached hydrogens (tertiary/aromatic N) is 4. The zero-order valence-electron chi connectivity index (χ0n) is 20.3. The molecule has 0 saturated carbocycles. The zero-order chi connectivity index (χ0) is 23.9. The highest BCUT2D eigenvalue weighted by Gasteiger charge is 2.27. The van der Waals surface area contributed by atoms with Gasteiger partial charge in [0.2, 0.25) is 0 Å². The van der Waals surface area contributed by atoms with E-state index in [4.69, 9.17) is 4.99 Å². The second kappa shape index (κ2) is 9.24. The fourth-order valence-electron chi connectivity index (χ4n) is 5.66. The van der Waals surface area contributed by atoms with Crippen LogP contribution in [0.2, 0.25) is 0 Å². The zero-order valence-corrected chi connectivity index (χ0v) is 21.1. The predicted octanol–water partition coefficient (Wildman–Crippen LogP) is 4.99. The molecule has 35 heavy (non-hydrogen) atoms. The molecule has 0 unspecified atom stereocenters. The van der Waals surface area contributed by atoms with Gasteiger partial charge in [0.1, 0.15) is 10.8 Å².